The van der Waals surface area contributed by atoms with Crippen LogP contribution in [0.1, 0.15) is 19.3 Å². The van der Waals surface area contributed by atoms with E-state index in [9.17, 15) is 27.2 Å². The zero-order valence-corrected chi connectivity index (χ0v) is 17.0. The Morgan fingerprint density at radius 2 is 2.03 bits per heavy atom. The first-order valence-corrected chi connectivity index (χ1v) is 10.0. The van der Waals surface area contributed by atoms with Crippen molar-refractivity contribution in [1.29, 1.82) is 0 Å². The second-order valence-electron chi connectivity index (χ2n) is 7.29. The van der Waals surface area contributed by atoms with Crippen LogP contribution in [0.3, 0.4) is 0 Å². The van der Waals surface area contributed by atoms with Crippen LogP contribution >= 0.6 is 11.6 Å². The summed E-state index contributed by atoms with van der Waals surface area (Å²) in [6.45, 7) is -0.231. The third-order valence-electron chi connectivity index (χ3n) is 4.93. The molecule has 1 N–H and O–H groups in total. The number of halogens is 5. The smallest absolute Gasteiger partial charge is 0.484 e. The highest BCUT2D eigenvalue weighted by Crippen LogP contribution is 2.25. The third kappa shape index (κ3) is 6.94. The number of nitrogens with zero attached hydrogens (tertiary/aromatic N) is 1. The molecule has 7 nitrogen and oxygen atoms in total. The number of likely N-dealkylation sites (tertiary alicyclic amines) is 1. The molecule has 31 heavy (non-hydrogen) atoms. The Hall–Kier alpha value is -2.11. The summed E-state index contributed by atoms with van der Waals surface area (Å²) in [6.07, 6.45) is -5.71. The zero-order valence-electron chi connectivity index (χ0n) is 16.3. The average Bonchev–Trinajstić information content (AvgIpc) is 3.15. The molecule has 3 rings (SSSR count). The molecule has 0 spiro atoms. The highest BCUT2D eigenvalue weighted by molar-refractivity contribution is 6.30. The molecule has 0 aliphatic carbocycles. The van der Waals surface area contributed by atoms with E-state index in [4.69, 9.17) is 21.1 Å². The summed E-state index contributed by atoms with van der Waals surface area (Å²) in [4.78, 5) is 25.8. The molecule has 1 aromatic rings. The van der Waals surface area contributed by atoms with Crippen LogP contribution in [0.15, 0.2) is 18.2 Å². The number of hydrogen-bond donors (Lipinski definition) is 1. The maximum atomic E-state index is 13.4. The molecule has 0 saturated carbocycles. The minimum atomic E-state index is -4.73. The summed E-state index contributed by atoms with van der Waals surface area (Å²) in [5, 5.41) is 2.64. The molecule has 2 heterocycles. The number of carbonyl (C=O) groups is 2. The number of carbonyl (C=O) groups excluding carboxylic acids is 2. The van der Waals surface area contributed by atoms with Gasteiger partial charge in [-0.1, -0.05) is 11.6 Å². The van der Waals surface area contributed by atoms with Crippen molar-refractivity contribution in [1.82, 2.24) is 10.2 Å². The summed E-state index contributed by atoms with van der Waals surface area (Å²) >= 11 is 5.58. The highest BCUT2D eigenvalue weighted by atomic mass is 35.5. The van der Waals surface area contributed by atoms with Crippen LogP contribution in [0.4, 0.5) is 17.6 Å². The lowest BCUT2D eigenvalue weighted by Crippen LogP contribution is -2.48. The average molecular weight is 469 g/mol. The summed E-state index contributed by atoms with van der Waals surface area (Å²) in [6, 6.07) is 3.47. The first-order chi connectivity index (χ1) is 14.6. The number of hydrogen-bond acceptors (Lipinski definition) is 5. The summed E-state index contributed by atoms with van der Waals surface area (Å²) < 4.78 is 65.0. The lowest BCUT2D eigenvalue weighted by atomic mass is 10.0. The van der Waals surface area contributed by atoms with E-state index in [2.05, 4.69) is 10.1 Å². The van der Waals surface area contributed by atoms with Crippen LogP contribution in [0, 0.1) is 5.82 Å². The number of benzene rings is 1. The first kappa shape index (κ1) is 23.6. The molecule has 1 aromatic carbocycles. The van der Waals surface area contributed by atoms with E-state index >= 15 is 0 Å². The van der Waals surface area contributed by atoms with Crippen LogP contribution in [-0.2, 0) is 19.1 Å². The molecule has 12 heteroatoms. The van der Waals surface area contributed by atoms with Gasteiger partial charge in [-0.3, -0.25) is 14.3 Å². The molecule has 3 atom stereocenters. The minimum Gasteiger partial charge on any atom is -0.484 e. The van der Waals surface area contributed by atoms with E-state index in [1.807, 2.05) is 0 Å². The largest absolute Gasteiger partial charge is 0.522 e. The number of ether oxygens (including phenoxy) is 3. The Kier molecular flexibility index (Phi) is 7.60. The van der Waals surface area contributed by atoms with Crippen molar-refractivity contribution in [3.05, 3.63) is 29.0 Å². The van der Waals surface area contributed by atoms with Gasteiger partial charge in [-0.15, -0.1) is 13.2 Å². The molecule has 172 valence electrons. The van der Waals surface area contributed by atoms with Gasteiger partial charge in [0, 0.05) is 19.2 Å². The van der Waals surface area contributed by atoms with Crippen molar-refractivity contribution in [3.8, 4) is 5.75 Å². The second-order valence-corrected chi connectivity index (χ2v) is 7.69. The van der Waals surface area contributed by atoms with Gasteiger partial charge in [0.25, 0.3) is 11.8 Å². The number of rotatable bonds is 6. The summed E-state index contributed by atoms with van der Waals surface area (Å²) in [5.74, 6) is -1.34. The third-order valence-corrected chi connectivity index (χ3v) is 5.24. The van der Waals surface area contributed by atoms with Crippen LogP contribution in [0.25, 0.3) is 0 Å². The summed E-state index contributed by atoms with van der Waals surface area (Å²) in [5.41, 5.74) is 0. The standard InChI is InChI=1S/C19H21ClF4N2O5/c20-14-3-2-12(7-15(14)21)29-10-17(27)25-11-1-4-16(30-9-11)18(28)26-6-5-13(8-26)31-19(22,23)24/h2-3,7,11,13,16H,1,4-6,8-10H2,(H,25,27)/t11-,13?,16+/m1/s1. The van der Waals surface area contributed by atoms with Crippen molar-refractivity contribution < 1.29 is 41.4 Å². The van der Waals surface area contributed by atoms with Crippen LogP contribution in [0.5, 0.6) is 5.75 Å². The first-order valence-electron chi connectivity index (χ1n) is 9.63. The fourth-order valence-corrected chi connectivity index (χ4v) is 3.58. The van der Waals surface area contributed by atoms with Crippen LogP contribution in [0.2, 0.25) is 5.02 Å². The number of amides is 2. The molecule has 2 saturated heterocycles. The Morgan fingerprint density at radius 3 is 2.68 bits per heavy atom. The predicted octanol–water partition coefficient (Wildman–Crippen LogP) is 2.66. The zero-order chi connectivity index (χ0) is 22.6. The van der Waals surface area contributed by atoms with Gasteiger partial charge in [0.2, 0.25) is 0 Å². The molecule has 0 radical (unpaired) electrons. The lowest BCUT2D eigenvalue weighted by Gasteiger charge is -2.31. The Balaban J connectivity index is 1.37. The maximum Gasteiger partial charge on any atom is 0.522 e. The molecule has 2 fully saturated rings. The van der Waals surface area contributed by atoms with Crippen molar-refractivity contribution in [2.24, 2.45) is 0 Å². The lowest BCUT2D eigenvalue weighted by molar-refractivity contribution is -0.340. The molecule has 0 aromatic heterocycles. The Bertz CT molecular complexity index is 802. The van der Waals surface area contributed by atoms with E-state index < -0.39 is 30.3 Å². The van der Waals surface area contributed by atoms with E-state index in [-0.39, 0.29) is 55.4 Å². The quantitative estimate of drug-likeness (QED) is 0.650. The molecule has 2 aliphatic rings. The van der Waals surface area contributed by atoms with Crippen molar-refractivity contribution in [3.63, 3.8) is 0 Å². The van der Waals surface area contributed by atoms with Crippen LogP contribution < -0.4 is 10.1 Å². The minimum absolute atomic E-state index is 0.0578. The molecule has 2 amide bonds. The monoisotopic (exact) mass is 468 g/mol. The van der Waals surface area contributed by atoms with Gasteiger partial charge in [-0.25, -0.2) is 4.39 Å². The highest BCUT2D eigenvalue weighted by Gasteiger charge is 2.39. The van der Waals surface area contributed by atoms with Gasteiger partial charge in [0.15, 0.2) is 6.61 Å². The Morgan fingerprint density at radius 1 is 1.26 bits per heavy atom. The van der Waals surface area contributed by atoms with Gasteiger partial charge in [-0.2, -0.15) is 0 Å². The number of nitrogens with one attached hydrogen (secondary N) is 1. The second kappa shape index (κ2) is 10.0. The van der Waals surface area contributed by atoms with Gasteiger partial charge >= 0.3 is 6.36 Å². The van der Waals surface area contributed by atoms with Gasteiger partial charge < -0.3 is 19.7 Å². The van der Waals surface area contributed by atoms with E-state index in [1.54, 1.807) is 0 Å². The van der Waals surface area contributed by atoms with E-state index in [1.165, 1.54) is 17.0 Å². The fourth-order valence-electron chi connectivity index (χ4n) is 3.46. The summed E-state index contributed by atoms with van der Waals surface area (Å²) in [7, 11) is 0. The predicted molar refractivity (Wildman–Crippen MR) is 99.9 cm³/mol. The molecular formula is C19H21ClF4N2O5. The van der Waals surface area contributed by atoms with E-state index in [0.29, 0.717) is 12.8 Å². The molecule has 1 unspecified atom stereocenters. The number of alkyl halides is 3. The van der Waals surface area contributed by atoms with E-state index in [0.717, 1.165) is 6.07 Å². The normalized spacial score (nSPS) is 24.2. The maximum absolute atomic E-state index is 13.4. The van der Waals surface area contributed by atoms with Crippen LogP contribution in [-0.4, -0.2) is 67.6 Å². The van der Waals surface area contributed by atoms with Crippen molar-refractivity contribution >= 4 is 23.4 Å². The fraction of sp³-hybridized carbons (Fsp3) is 0.579. The topological polar surface area (TPSA) is 77.1 Å². The SMILES string of the molecule is O=C(COc1ccc(Cl)c(F)c1)N[C@@H]1CC[C@@H](C(=O)N2CCC(OC(F)(F)F)C2)OC1. The molecular weight excluding hydrogens is 448 g/mol. The molecule has 0 bridgehead atoms. The van der Waals surface area contributed by atoms with Gasteiger partial charge in [-0.05, 0) is 31.4 Å². The Labute approximate surface area is 180 Å². The van der Waals surface area contributed by atoms with Crippen molar-refractivity contribution in [2.75, 3.05) is 26.3 Å². The van der Waals surface area contributed by atoms with Crippen molar-refractivity contribution in [2.45, 2.75) is 43.9 Å². The van der Waals surface area contributed by atoms with Gasteiger partial charge in [0.05, 0.1) is 23.8 Å². The van der Waals surface area contributed by atoms with Gasteiger partial charge in [0.1, 0.15) is 17.7 Å². The molecule has 2 aliphatic heterocycles.